The van der Waals surface area contributed by atoms with E-state index in [0.29, 0.717) is 0 Å². The Morgan fingerprint density at radius 2 is 1.05 bits per heavy atom. The SMILES string of the molecule is Cc1ccccc1CNCCNCc1ccccc1C. The quantitative estimate of drug-likeness (QED) is 0.754. The van der Waals surface area contributed by atoms with Gasteiger partial charge in [0.15, 0.2) is 0 Å². The van der Waals surface area contributed by atoms with Crippen LogP contribution >= 0.6 is 0 Å². The van der Waals surface area contributed by atoms with Crippen molar-refractivity contribution in [3.63, 3.8) is 0 Å². The van der Waals surface area contributed by atoms with Crippen molar-refractivity contribution in [2.45, 2.75) is 26.9 Å². The lowest BCUT2D eigenvalue weighted by molar-refractivity contribution is 0.609. The van der Waals surface area contributed by atoms with Gasteiger partial charge in [0.2, 0.25) is 0 Å². The summed E-state index contributed by atoms with van der Waals surface area (Å²) in [6, 6.07) is 17.1. The Hall–Kier alpha value is -1.64. The Kier molecular flexibility index (Phi) is 5.78. The molecule has 0 fully saturated rings. The Morgan fingerprint density at radius 1 is 0.650 bits per heavy atom. The summed E-state index contributed by atoms with van der Waals surface area (Å²) in [5.74, 6) is 0. The largest absolute Gasteiger partial charge is 0.311 e. The number of hydrogen-bond donors (Lipinski definition) is 2. The van der Waals surface area contributed by atoms with Gasteiger partial charge in [-0.15, -0.1) is 0 Å². The van der Waals surface area contributed by atoms with Crippen LogP contribution in [-0.4, -0.2) is 13.1 Å². The molecule has 20 heavy (non-hydrogen) atoms. The summed E-state index contributed by atoms with van der Waals surface area (Å²) in [6.07, 6.45) is 0. The number of rotatable bonds is 7. The molecule has 2 nitrogen and oxygen atoms in total. The third-order valence-electron chi connectivity index (χ3n) is 3.63. The number of nitrogens with one attached hydrogen (secondary N) is 2. The summed E-state index contributed by atoms with van der Waals surface area (Å²) in [5, 5.41) is 6.96. The Bertz CT molecular complexity index is 485. The summed E-state index contributed by atoms with van der Waals surface area (Å²) in [7, 11) is 0. The normalized spacial score (nSPS) is 10.7. The maximum Gasteiger partial charge on any atom is 0.0208 e. The Labute approximate surface area is 122 Å². The Morgan fingerprint density at radius 3 is 1.45 bits per heavy atom. The lowest BCUT2D eigenvalue weighted by Crippen LogP contribution is -2.27. The van der Waals surface area contributed by atoms with Crippen LogP contribution < -0.4 is 10.6 Å². The molecule has 0 unspecified atom stereocenters. The van der Waals surface area contributed by atoms with Gasteiger partial charge in [0.05, 0.1) is 0 Å². The number of benzene rings is 2. The van der Waals surface area contributed by atoms with Crippen LogP contribution in [0.2, 0.25) is 0 Å². The fourth-order valence-corrected chi connectivity index (χ4v) is 2.24. The molecule has 0 saturated carbocycles. The molecule has 0 bridgehead atoms. The zero-order chi connectivity index (χ0) is 14.2. The third-order valence-corrected chi connectivity index (χ3v) is 3.63. The van der Waals surface area contributed by atoms with Gasteiger partial charge in [-0.25, -0.2) is 0 Å². The van der Waals surface area contributed by atoms with Crippen molar-refractivity contribution in [3.05, 3.63) is 70.8 Å². The molecule has 2 N–H and O–H groups in total. The molecule has 0 aliphatic rings. The van der Waals surface area contributed by atoms with Crippen molar-refractivity contribution in [2.75, 3.05) is 13.1 Å². The van der Waals surface area contributed by atoms with Crippen molar-refractivity contribution in [1.29, 1.82) is 0 Å². The molecule has 0 aliphatic heterocycles. The second-order valence-corrected chi connectivity index (χ2v) is 5.21. The van der Waals surface area contributed by atoms with Crippen LogP contribution in [0.25, 0.3) is 0 Å². The molecular formula is C18H24N2. The second-order valence-electron chi connectivity index (χ2n) is 5.21. The lowest BCUT2D eigenvalue weighted by atomic mass is 10.1. The zero-order valence-electron chi connectivity index (χ0n) is 12.4. The van der Waals surface area contributed by atoms with Crippen LogP contribution in [0, 0.1) is 13.8 Å². The standard InChI is InChI=1S/C18H24N2/c1-15-7-3-5-9-17(15)13-19-11-12-20-14-18-10-6-4-8-16(18)2/h3-10,19-20H,11-14H2,1-2H3. The topological polar surface area (TPSA) is 24.1 Å². The van der Waals surface area contributed by atoms with Crippen molar-refractivity contribution < 1.29 is 0 Å². The van der Waals surface area contributed by atoms with E-state index in [-0.39, 0.29) is 0 Å². The van der Waals surface area contributed by atoms with Crippen molar-refractivity contribution >= 4 is 0 Å². The van der Waals surface area contributed by atoms with Gasteiger partial charge in [0.1, 0.15) is 0 Å². The molecule has 106 valence electrons. The first-order valence-corrected chi connectivity index (χ1v) is 7.28. The van der Waals surface area contributed by atoms with Gasteiger partial charge in [0.25, 0.3) is 0 Å². The summed E-state index contributed by atoms with van der Waals surface area (Å²) < 4.78 is 0. The predicted molar refractivity (Wildman–Crippen MR) is 85.8 cm³/mol. The number of aryl methyl sites for hydroxylation is 2. The minimum absolute atomic E-state index is 0.943. The summed E-state index contributed by atoms with van der Waals surface area (Å²) in [5.41, 5.74) is 5.47. The van der Waals surface area contributed by atoms with Crippen molar-refractivity contribution in [3.8, 4) is 0 Å². The molecule has 0 spiro atoms. The van der Waals surface area contributed by atoms with E-state index >= 15 is 0 Å². The lowest BCUT2D eigenvalue weighted by Gasteiger charge is -2.09. The minimum atomic E-state index is 0.943. The van der Waals surface area contributed by atoms with E-state index in [9.17, 15) is 0 Å². The van der Waals surface area contributed by atoms with Crippen LogP contribution in [0.1, 0.15) is 22.3 Å². The summed E-state index contributed by atoms with van der Waals surface area (Å²) >= 11 is 0. The van der Waals surface area contributed by atoms with E-state index < -0.39 is 0 Å². The molecule has 2 heteroatoms. The first-order chi connectivity index (χ1) is 9.77. The van der Waals surface area contributed by atoms with E-state index in [1.165, 1.54) is 22.3 Å². The molecular weight excluding hydrogens is 244 g/mol. The second kappa shape index (κ2) is 7.83. The van der Waals surface area contributed by atoms with Crippen LogP contribution in [0.15, 0.2) is 48.5 Å². The highest BCUT2D eigenvalue weighted by Gasteiger charge is 1.97. The van der Waals surface area contributed by atoms with E-state index in [1.807, 2.05) is 0 Å². The van der Waals surface area contributed by atoms with Gasteiger partial charge in [0, 0.05) is 26.2 Å². The molecule has 2 aromatic carbocycles. The number of hydrogen-bond acceptors (Lipinski definition) is 2. The maximum absolute atomic E-state index is 3.48. The van der Waals surface area contributed by atoms with Crippen LogP contribution in [-0.2, 0) is 13.1 Å². The molecule has 0 aliphatic carbocycles. The van der Waals surface area contributed by atoms with Gasteiger partial charge >= 0.3 is 0 Å². The van der Waals surface area contributed by atoms with E-state index in [2.05, 4.69) is 73.0 Å². The molecule has 0 saturated heterocycles. The average molecular weight is 268 g/mol. The fourth-order valence-electron chi connectivity index (χ4n) is 2.24. The van der Waals surface area contributed by atoms with E-state index in [1.54, 1.807) is 0 Å². The van der Waals surface area contributed by atoms with Crippen LogP contribution in [0.4, 0.5) is 0 Å². The first-order valence-electron chi connectivity index (χ1n) is 7.28. The molecule has 0 amide bonds. The monoisotopic (exact) mass is 268 g/mol. The maximum atomic E-state index is 3.48. The van der Waals surface area contributed by atoms with Crippen LogP contribution in [0.3, 0.4) is 0 Å². The third kappa shape index (κ3) is 4.48. The molecule has 0 atom stereocenters. The van der Waals surface area contributed by atoms with E-state index in [0.717, 1.165) is 26.2 Å². The van der Waals surface area contributed by atoms with Gasteiger partial charge in [-0.05, 0) is 36.1 Å². The summed E-state index contributed by atoms with van der Waals surface area (Å²) in [4.78, 5) is 0. The first kappa shape index (κ1) is 14.8. The molecule has 0 heterocycles. The highest BCUT2D eigenvalue weighted by molar-refractivity contribution is 5.26. The van der Waals surface area contributed by atoms with Crippen molar-refractivity contribution in [1.82, 2.24) is 10.6 Å². The highest BCUT2D eigenvalue weighted by atomic mass is 14.9. The van der Waals surface area contributed by atoms with Crippen molar-refractivity contribution in [2.24, 2.45) is 0 Å². The van der Waals surface area contributed by atoms with Gasteiger partial charge in [-0.3, -0.25) is 0 Å². The molecule has 0 radical (unpaired) electrons. The predicted octanol–water partition coefficient (Wildman–Crippen LogP) is 3.18. The summed E-state index contributed by atoms with van der Waals surface area (Å²) in [6.45, 7) is 8.18. The molecule has 2 rings (SSSR count). The highest BCUT2D eigenvalue weighted by Crippen LogP contribution is 2.06. The molecule has 0 aromatic heterocycles. The van der Waals surface area contributed by atoms with Gasteiger partial charge in [-0.2, -0.15) is 0 Å². The fraction of sp³-hybridized carbons (Fsp3) is 0.333. The van der Waals surface area contributed by atoms with Gasteiger partial charge < -0.3 is 10.6 Å². The minimum Gasteiger partial charge on any atom is -0.311 e. The van der Waals surface area contributed by atoms with E-state index in [4.69, 9.17) is 0 Å². The Balaban J connectivity index is 1.63. The zero-order valence-corrected chi connectivity index (χ0v) is 12.4. The smallest absolute Gasteiger partial charge is 0.0208 e. The average Bonchev–Trinajstić information content (AvgIpc) is 2.46. The molecule has 2 aromatic rings. The van der Waals surface area contributed by atoms with Crippen LogP contribution in [0.5, 0.6) is 0 Å². The van der Waals surface area contributed by atoms with Gasteiger partial charge in [-0.1, -0.05) is 48.5 Å².